The molecule has 0 aliphatic carbocycles. The minimum absolute atomic E-state index is 0.00946. The van der Waals surface area contributed by atoms with E-state index in [2.05, 4.69) is 38.8 Å². The second kappa shape index (κ2) is 6.19. The first-order valence-electron chi connectivity index (χ1n) is 8.06. The van der Waals surface area contributed by atoms with Crippen LogP contribution in [0, 0.1) is 6.92 Å². The fourth-order valence-corrected chi connectivity index (χ4v) is 3.19. The zero-order valence-corrected chi connectivity index (χ0v) is 14.0. The van der Waals surface area contributed by atoms with Crippen LogP contribution in [-0.2, 0) is 6.18 Å². The van der Waals surface area contributed by atoms with E-state index in [1.807, 2.05) is 0 Å². The molecule has 1 unspecified atom stereocenters. The number of aromatic nitrogens is 4. The molecule has 0 spiro atoms. The van der Waals surface area contributed by atoms with Gasteiger partial charge in [0.05, 0.1) is 0 Å². The van der Waals surface area contributed by atoms with Gasteiger partial charge in [0.2, 0.25) is 0 Å². The predicted octanol–water partition coefficient (Wildman–Crippen LogP) is 2.37. The van der Waals surface area contributed by atoms with Gasteiger partial charge in [-0.25, -0.2) is 4.98 Å². The number of anilines is 1. The summed E-state index contributed by atoms with van der Waals surface area (Å²) in [6.07, 6.45) is -2.74. The number of alkyl halides is 3. The van der Waals surface area contributed by atoms with E-state index in [1.54, 1.807) is 13.0 Å². The second-order valence-corrected chi connectivity index (χ2v) is 6.27. The summed E-state index contributed by atoms with van der Waals surface area (Å²) in [5.41, 5.74) is 0.631. The summed E-state index contributed by atoms with van der Waals surface area (Å²) in [5.74, 6) is -0.533. The third-order valence-electron chi connectivity index (χ3n) is 4.34. The van der Waals surface area contributed by atoms with Crippen molar-refractivity contribution < 1.29 is 13.2 Å². The summed E-state index contributed by atoms with van der Waals surface area (Å²) in [7, 11) is 2.07. The van der Waals surface area contributed by atoms with Crippen molar-refractivity contribution in [3.8, 4) is 0 Å². The van der Waals surface area contributed by atoms with Gasteiger partial charge < -0.3 is 9.80 Å². The Labute approximate surface area is 138 Å². The third-order valence-corrected chi connectivity index (χ3v) is 4.34. The third kappa shape index (κ3) is 3.17. The summed E-state index contributed by atoms with van der Waals surface area (Å²) < 4.78 is 40.1. The zero-order chi connectivity index (χ0) is 17.5. The van der Waals surface area contributed by atoms with Crippen LogP contribution in [-0.4, -0.2) is 57.2 Å². The molecule has 1 aliphatic heterocycles. The van der Waals surface area contributed by atoms with Crippen LogP contribution in [0.25, 0.3) is 5.78 Å². The van der Waals surface area contributed by atoms with Crippen molar-refractivity contribution in [2.45, 2.75) is 38.9 Å². The molecule has 0 saturated carbocycles. The molecule has 2 aromatic heterocycles. The lowest BCUT2D eigenvalue weighted by Crippen LogP contribution is -2.41. The van der Waals surface area contributed by atoms with Gasteiger partial charge in [0.15, 0.2) is 0 Å². The first kappa shape index (κ1) is 16.9. The molecule has 3 heterocycles. The Bertz CT molecular complexity index is 726. The first-order valence-corrected chi connectivity index (χ1v) is 8.06. The predicted molar refractivity (Wildman–Crippen MR) is 84.1 cm³/mol. The van der Waals surface area contributed by atoms with E-state index in [0.29, 0.717) is 11.5 Å². The Morgan fingerprint density at radius 3 is 2.67 bits per heavy atom. The number of rotatable bonds is 2. The molecule has 0 amide bonds. The van der Waals surface area contributed by atoms with Crippen LogP contribution in [0.4, 0.5) is 19.0 Å². The maximum Gasteiger partial charge on any atom is 0.453 e. The Balaban J connectivity index is 2.11. The molecule has 1 saturated heterocycles. The lowest BCUT2D eigenvalue weighted by Gasteiger charge is -2.32. The lowest BCUT2D eigenvalue weighted by molar-refractivity contribution is -0.144. The minimum atomic E-state index is -4.58. The topological polar surface area (TPSA) is 49.6 Å². The molecule has 0 N–H and O–H groups in total. The highest BCUT2D eigenvalue weighted by molar-refractivity contribution is 5.49. The molecule has 24 heavy (non-hydrogen) atoms. The van der Waals surface area contributed by atoms with E-state index in [1.165, 1.54) is 4.52 Å². The van der Waals surface area contributed by atoms with Crippen molar-refractivity contribution in [3.63, 3.8) is 0 Å². The molecule has 0 aromatic carbocycles. The summed E-state index contributed by atoms with van der Waals surface area (Å²) >= 11 is 0. The summed E-state index contributed by atoms with van der Waals surface area (Å²) in [6.45, 7) is 6.44. The number of aryl methyl sites for hydroxylation is 1. The van der Waals surface area contributed by atoms with E-state index in [4.69, 9.17) is 0 Å². The molecule has 1 atom stereocenters. The lowest BCUT2D eigenvalue weighted by atomic mass is 10.2. The van der Waals surface area contributed by atoms with Gasteiger partial charge >= 0.3 is 6.18 Å². The van der Waals surface area contributed by atoms with Crippen LogP contribution >= 0.6 is 0 Å². The molecule has 9 heteroatoms. The summed E-state index contributed by atoms with van der Waals surface area (Å²) in [6, 6.07) is 2.00. The van der Waals surface area contributed by atoms with Gasteiger partial charge in [0.1, 0.15) is 5.82 Å². The van der Waals surface area contributed by atoms with E-state index < -0.39 is 12.0 Å². The van der Waals surface area contributed by atoms with Gasteiger partial charge in [-0.1, -0.05) is 6.92 Å². The van der Waals surface area contributed by atoms with Crippen molar-refractivity contribution in [1.82, 2.24) is 24.5 Å². The number of fused-ring (bicyclic) bond motifs is 1. The Kier molecular flexibility index (Phi) is 4.37. The highest BCUT2D eigenvalue weighted by Gasteiger charge is 2.37. The molecular weight excluding hydrogens is 321 g/mol. The Morgan fingerprint density at radius 1 is 1.25 bits per heavy atom. The van der Waals surface area contributed by atoms with Gasteiger partial charge in [0.25, 0.3) is 11.6 Å². The van der Waals surface area contributed by atoms with Gasteiger partial charge in [-0.3, -0.25) is 0 Å². The number of halogens is 3. The molecule has 132 valence electrons. The molecular formula is C15H21F3N6. The molecule has 2 aromatic rings. The van der Waals surface area contributed by atoms with Crippen molar-refractivity contribution in [2.24, 2.45) is 0 Å². The van der Waals surface area contributed by atoms with E-state index in [-0.39, 0.29) is 11.8 Å². The SMILES string of the molecule is CCC1CN(C)CCCN1c1cc(C)nc2nc(C(F)(F)F)nn12. The average Bonchev–Trinajstić information content (AvgIpc) is 2.84. The monoisotopic (exact) mass is 342 g/mol. The molecule has 1 aliphatic rings. The Morgan fingerprint density at radius 2 is 2.00 bits per heavy atom. The number of hydrogen-bond acceptors (Lipinski definition) is 5. The van der Waals surface area contributed by atoms with Crippen LogP contribution in [0.3, 0.4) is 0 Å². The molecule has 0 bridgehead atoms. The minimum Gasteiger partial charge on any atom is -0.352 e. The maximum atomic E-state index is 13.0. The van der Waals surface area contributed by atoms with Gasteiger partial charge in [-0.15, -0.1) is 5.10 Å². The van der Waals surface area contributed by atoms with Gasteiger partial charge in [-0.05, 0) is 33.4 Å². The highest BCUT2D eigenvalue weighted by Crippen LogP contribution is 2.29. The number of hydrogen-bond donors (Lipinski definition) is 0. The molecule has 1 fully saturated rings. The van der Waals surface area contributed by atoms with Crippen molar-refractivity contribution in [3.05, 3.63) is 17.6 Å². The van der Waals surface area contributed by atoms with Crippen LogP contribution in [0.15, 0.2) is 6.07 Å². The van der Waals surface area contributed by atoms with Gasteiger partial charge in [0, 0.05) is 30.9 Å². The maximum absolute atomic E-state index is 13.0. The first-order chi connectivity index (χ1) is 11.3. The zero-order valence-electron chi connectivity index (χ0n) is 14.0. The Hall–Kier alpha value is -1.90. The second-order valence-electron chi connectivity index (χ2n) is 6.27. The summed E-state index contributed by atoms with van der Waals surface area (Å²) in [5, 5.41) is 3.68. The highest BCUT2D eigenvalue weighted by atomic mass is 19.4. The average molecular weight is 342 g/mol. The smallest absolute Gasteiger partial charge is 0.352 e. The van der Waals surface area contributed by atoms with Crippen molar-refractivity contribution in [2.75, 3.05) is 31.6 Å². The largest absolute Gasteiger partial charge is 0.453 e. The number of likely N-dealkylation sites (N-methyl/N-ethyl adjacent to an activating group) is 1. The fraction of sp³-hybridized carbons (Fsp3) is 0.667. The van der Waals surface area contributed by atoms with Crippen LogP contribution in [0.5, 0.6) is 0 Å². The molecule has 6 nitrogen and oxygen atoms in total. The molecule has 3 rings (SSSR count). The summed E-state index contributed by atoms with van der Waals surface area (Å²) in [4.78, 5) is 12.1. The normalized spacial score (nSPS) is 20.6. The molecule has 0 radical (unpaired) electrons. The number of nitrogens with zero attached hydrogens (tertiary/aromatic N) is 6. The van der Waals surface area contributed by atoms with Gasteiger partial charge in [-0.2, -0.15) is 22.7 Å². The standard InChI is InChI=1S/C15H21F3N6/c1-4-11-9-22(3)6-5-7-23(11)12-8-10(2)19-14-20-13(15(16,17)18)21-24(12)14/h8,11H,4-7,9H2,1-3H3. The van der Waals surface area contributed by atoms with Crippen LogP contribution < -0.4 is 4.90 Å². The van der Waals surface area contributed by atoms with E-state index in [0.717, 1.165) is 32.5 Å². The van der Waals surface area contributed by atoms with Crippen molar-refractivity contribution in [1.29, 1.82) is 0 Å². The van der Waals surface area contributed by atoms with E-state index >= 15 is 0 Å². The van der Waals surface area contributed by atoms with Crippen LogP contribution in [0.2, 0.25) is 0 Å². The van der Waals surface area contributed by atoms with Crippen LogP contribution in [0.1, 0.15) is 31.3 Å². The van der Waals surface area contributed by atoms with E-state index in [9.17, 15) is 13.2 Å². The fourth-order valence-electron chi connectivity index (χ4n) is 3.19. The quantitative estimate of drug-likeness (QED) is 0.839. The van der Waals surface area contributed by atoms with Crippen molar-refractivity contribution >= 4 is 11.6 Å².